The first-order valence-electron chi connectivity index (χ1n) is 10.2. The third-order valence-corrected chi connectivity index (χ3v) is 5.74. The maximum Gasteiger partial charge on any atom is 0.223 e. The zero-order valence-corrected chi connectivity index (χ0v) is 18.0. The molecular weight excluding hydrogens is 402 g/mol. The highest BCUT2D eigenvalue weighted by Gasteiger charge is 2.26. The number of carbonyl (C=O) groups is 1. The lowest BCUT2D eigenvalue weighted by Gasteiger charge is -2.32. The Morgan fingerprint density at radius 3 is 2.67 bits per heavy atom. The Balaban J connectivity index is 1.45. The molecule has 30 heavy (non-hydrogen) atoms. The zero-order valence-electron chi connectivity index (χ0n) is 17.3. The van der Waals surface area contributed by atoms with E-state index in [2.05, 4.69) is 25.3 Å². The number of amides is 1. The SMILES string of the molecule is CN(C)CCNC(=O)C1CCN(c2ccc3nnc(-c4ccccc4Cl)n3n2)CC1. The minimum absolute atomic E-state index is 0.0562. The highest BCUT2D eigenvalue weighted by molar-refractivity contribution is 6.33. The first kappa shape index (κ1) is 20.6. The summed E-state index contributed by atoms with van der Waals surface area (Å²) in [6.07, 6.45) is 1.63. The number of carbonyl (C=O) groups excluding carboxylic acids is 1. The lowest BCUT2D eigenvalue weighted by Crippen LogP contribution is -2.42. The number of aromatic nitrogens is 4. The highest BCUT2D eigenvalue weighted by atomic mass is 35.5. The molecule has 0 unspecified atom stereocenters. The van der Waals surface area contributed by atoms with Gasteiger partial charge in [-0.1, -0.05) is 23.7 Å². The molecule has 1 amide bonds. The molecule has 1 aliphatic heterocycles. The van der Waals surface area contributed by atoms with Crippen molar-refractivity contribution in [3.63, 3.8) is 0 Å². The van der Waals surface area contributed by atoms with Gasteiger partial charge in [-0.05, 0) is 51.2 Å². The Bertz CT molecular complexity index is 1030. The molecule has 0 saturated carbocycles. The van der Waals surface area contributed by atoms with E-state index < -0.39 is 0 Å². The van der Waals surface area contributed by atoms with Crippen molar-refractivity contribution >= 4 is 29.0 Å². The number of fused-ring (bicyclic) bond motifs is 1. The van der Waals surface area contributed by atoms with Gasteiger partial charge >= 0.3 is 0 Å². The molecule has 1 N–H and O–H groups in total. The average Bonchev–Trinajstić information content (AvgIpc) is 3.17. The summed E-state index contributed by atoms with van der Waals surface area (Å²) in [6.45, 7) is 3.10. The van der Waals surface area contributed by atoms with E-state index in [9.17, 15) is 4.79 Å². The van der Waals surface area contributed by atoms with E-state index in [0.29, 0.717) is 23.0 Å². The van der Waals surface area contributed by atoms with Crippen LogP contribution in [0.2, 0.25) is 5.02 Å². The molecule has 8 nitrogen and oxygen atoms in total. The van der Waals surface area contributed by atoms with Crippen LogP contribution in [0.3, 0.4) is 0 Å². The van der Waals surface area contributed by atoms with Crippen LogP contribution < -0.4 is 10.2 Å². The molecule has 0 radical (unpaired) electrons. The number of benzene rings is 1. The van der Waals surface area contributed by atoms with Crippen molar-refractivity contribution in [3.8, 4) is 11.4 Å². The number of nitrogens with one attached hydrogen (secondary N) is 1. The third kappa shape index (κ3) is 4.39. The van der Waals surface area contributed by atoms with E-state index in [4.69, 9.17) is 16.7 Å². The minimum Gasteiger partial charge on any atom is -0.355 e. The summed E-state index contributed by atoms with van der Waals surface area (Å²) in [6, 6.07) is 11.4. The Labute approximate surface area is 180 Å². The molecular formula is C21H26ClN7O. The number of rotatable bonds is 6. The van der Waals surface area contributed by atoms with Crippen LogP contribution in [-0.4, -0.2) is 70.9 Å². The predicted octanol–water partition coefficient (Wildman–Crippen LogP) is 2.34. The number of anilines is 1. The van der Waals surface area contributed by atoms with Crippen LogP contribution >= 0.6 is 11.6 Å². The second-order valence-electron chi connectivity index (χ2n) is 7.82. The van der Waals surface area contributed by atoms with Crippen LogP contribution in [-0.2, 0) is 4.79 Å². The maximum absolute atomic E-state index is 12.4. The minimum atomic E-state index is 0.0562. The summed E-state index contributed by atoms with van der Waals surface area (Å²) >= 11 is 6.34. The van der Waals surface area contributed by atoms with Crippen LogP contribution in [0.4, 0.5) is 5.82 Å². The molecule has 0 spiro atoms. The molecule has 0 bridgehead atoms. The number of nitrogens with zero attached hydrogens (tertiary/aromatic N) is 6. The topological polar surface area (TPSA) is 78.7 Å². The van der Waals surface area contributed by atoms with Crippen molar-refractivity contribution in [2.45, 2.75) is 12.8 Å². The van der Waals surface area contributed by atoms with Crippen molar-refractivity contribution in [2.24, 2.45) is 5.92 Å². The molecule has 3 heterocycles. The summed E-state index contributed by atoms with van der Waals surface area (Å²) in [4.78, 5) is 16.7. The van der Waals surface area contributed by atoms with E-state index >= 15 is 0 Å². The van der Waals surface area contributed by atoms with Crippen molar-refractivity contribution < 1.29 is 4.79 Å². The van der Waals surface area contributed by atoms with Crippen LogP contribution in [0.5, 0.6) is 0 Å². The van der Waals surface area contributed by atoms with Gasteiger partial charge in [0, 0.05) is 37.7 Å². The smallest absolute Gasteiger partial charge is 0.223 e. The van der Waals surface area contributed by atoms with Crippen molar-refractivity contribution in [3.05, 3.63) is 41.4 Å². The fourth-order valence-corrected chi connectivity index (χ4v) is 3.90. The molecule has 0 aliphatic carbocycles. The van der Waals surface area contributed by atoms with Crippen LogP contribution in [0.25, 0.3) is 17.0 Å². The third-order valence-electron chi connectivity index (χ3n) is 5.41. The summed E-state index contributed by atoms with van der Waals surface area (Å²) < 4.78 is 1.73. The van der Waals surface area contributed by atoms with E-state index in [1.54, 1.807) is 4.52 Å². The molecule has 158 valence electrons. The summed E-state index contributed by atoms with van der Waals surface area (Å²) in [5.74, 6) is 1.68. The van der Waals surface area contributed by atoms with Gasteiger partial charge in [0.15, 0.2) is 11.5 Å². The fraction of sp³-hybridized carbons (Fsp3) is 0.429. The quantitative estimate of drug-likeness (QED) is 0.650. The van der Waals surface area contributed by atoms with E-state index in [1.807, 2.05) is 50.5 Å². The molecule has 3 aromatic rings. The molecule has 1 fully saturated rings. The lowest BCUT2D eigenvalue weighted by atomic mass is 9.96. The van der Waals surface area contributed by atoms with Gasteiger partial charge in [0.05, 0.1) is 5.02 Å². The van der Waals surface area contributed by atoms with Gasteiger partial charge in [-0.2, -0.15) is 4.52 Å². The van der Waals surface area contributed by atoms with Crippen LogP contribution in [0.1, 0.15) is 12.8 Å². The Hall–Kier alpha value is -2.71. The number of hydrogen-bond acceptors (Lipinski definition) is 6. The van der Waals surface area contributed by atoms with E-state index in [1.165, 1.54) is 0 Å². The molecule has 2 aromatic heterocycles. The Morgan fingerprint density at radius 2 is 1.93 bits per heavy atom. The van der Waals surface area contributed by atoms with Gasteiger partial charge in [0.25, 0.3) is 0 Å². The van der Waals surface area contributed by atoms with Crippen molar-refractivity contribution in [1.82, 2.24) is 30.0 Å². The predicted molar refractivity (Wildman–Crippen MR) is 118 cm³/mol. The zero-order chi connectivity index (χ0) is 21.1. The molecule has 9 heteroatoms. The second kappa shape index (κ2) is 8.97. The van der Waals surface area contributed by atoms with E-state index in [-0.39, 0.29) is 11.8 Å². The van der Waals surface area contributed by atoms with Crippen molar-refractivity contribution in [1.29, 1.82) is 0 Å². The van der Waals surface area contributed by atoms with Gasteiger partial charge in [-0.15, -0.1) is 15.3 Å². The monoisotopic (exact) mass is 427 g/mol. The van der Waals surface area contributed by atoms with Crippen molar-refractivity contribution in [2.75, 3.05) is 45.2 Å². The summed E-state index contributed by atoms with van der Waals surface area (Å²) in [5.41, 5.74) is 1.47. The average molecular weight is 428 g/mol. The number of piperidine rings is 1. The Kier molecular flexibility index (Phi) is 6.15. The van der Waals surface area contributed by atoms with Crippen LogP contribution in [0.15, 0.2) is 36.4 Å². The lowest BCUT2D eigenvalue weighted by molar-refractivity contribution is -0.125. The Morgan fingerprint density at radius 1 is 1.17 bits per heavy atom. The van der Waals surface area contributed by atoms with Gasteiger partial charge in [-0.3, -0.25) is 4.79 Å². The highest BCUT2D eigenvalue weighted by Crippen LogP contribution is 2.27. The largest absolute Gasteiger partial charge is 0.355 e. The summed E-state index contributed by atoms with van der Waals surface area (Å²) in [7, 11) is 4.00. The molecule has 1 aliphatic rings. The number of likely N-dealkylation sites (N-methyl/N-ethyl adjacent to an activating group) is 1. The fourth-order valence-electron chi connectivity index (χ4n) is 3.68. The van der Waals surface area contributed by atoms with E-state index in [0.717, 1.165) is 43.9 Å². The second-order valence-corrected chi connectivity index (χ2v) is 8.23. The number of hydrogen-bond donors (Lipinski definition) is 1. The van der Waals surface area contributed by atoms with Crippen LogP contribution in [0, 0.1) is 5.92 Å². The molecule has 1 aromatic carbocycles. The first-order chi connectivity index (χ1) is 14.5. The van der Waals surface area contributed by atoms with Gasteiger partial charge in [-0.25, -0.2) is 0 Å². The van der Waals surface area contributed by atoms with Gasteiger partial charge in [0.1, 0.15) is 5.82 Å². The molecule has 0 atom stereocenters. The number of halogens is 1. The normalized spacial score (nSPS) is 15.1. The van der Waals surface area contributed by atoms with Gasteiger partial charge in [0.2, 0.25) is 5.91 Å². The standard InChI is InChI=1S/C21H26ClN7O/c1-27(2)14-11-23-21(30)15-9-12-28(13-10-15)19-8-7-18-24-25-20(29(18)26-19)16-5-3-4-6-17(16)22/h3-8,15H,9-14H2,1-2H3,(H,23,30). The first-order valence-corrected chi connectivity index (χ1v) is 10.6. The molecule has 4 rings (SSSR count). The molecule has 1 saturated heterocycles. The summed E-state index contributed by atoms with van der Waals surface area (Å²) in [5, 5.41) is 16.9. The van der Waals surface area contributed by atoms with Gasteiger partial charge < -0.3 is 15.1 Å². The maximum atomic E-state index is 12.4.